The van der Waals surface area contributed by atoms with Crippen molar-refractivity contribution in [2.75, 3.05) is 13.1 Å². The summed E-state index contributed by atoms with van der Waals surface area (Å²) < 4.78 is 4.89. The number of amides is 2. The van der Waals surface area contributed by atoms with E-state index in [1.165, 1.54) is 0 Å². The van der Waals surface area contributed by atoms with Crippen LogP contribution in [0.25, 0.3) is 0 Å². The summed E-state index contributed by atoms with van der Waals surface area (Å²) in [4.78, 5) is 46.9. The molecule has 0 bridgehead atoms. The third-order valence-corrected chi connectivity index (χ3v) is 2.84. The van der Waals surface area contributed by atoms with Gasteiger partial charge in [0.25, 0.3) is 0 Å². The van der Waals surface area contributed by atoms with Crippen LogP contribution < -0.4 is 11.5 Å². The van der Waals surface area contributed by atoms with Crippen molar-refractivity contribution >= 4 is 23.8 Å². The Bertz CT molecular complexity index is 589. The van der Waals surface area contributed by atoms with Gasteiger partial charge in [0.1, 0.15) is 6.61 Å². The summed E-state index contributed by atoms with van der Waals surface area (Å²) in [6.45, 7) is -1.52. The normalized spacial score (nSPS) is 11.4. The standard InChI is InChI=1S/C14H17N3O6/c15-6-10(18)12(13(20)21)17(11(19)7-16)14(22)23-8-9-4-2-1-3-5-9/h1-5,12H,6-8,15-16H2,(H,20,21). The lowest BCUT2D eigenvalue weighted by molar-refractivity contribution is -0.152. The first-order valence-corrected chi connectivity index (χ1v) is 6.60. The fourth-order valence-electron chi connectivity index (χ4n) is 1.74. The molecule has 0 aliphatic carbocycles. The highest BCUT2D eigenvalue weighted by Crippen LogP contribution is 2.08. The lowest BCUT2D eigenvalue weighted by Crippen LogP contribution is -2.55. The molecule has 0 fully saturated rings. The number of carboxylic acid groups (broad SMARTS) is 1. The first kappa shape index (κ1) is 18.3. The van der Waals surface area contributed by atoms with Crippen LogP contribution in [0.1, 0.15) is 5.56 Å². The molecule has 1 aromatic rings. The van der Waals surface area contributed by atoms with Crippen molar-refractivity contribution in [3.8, 4) is 0 Å². The van der Waals surface area contributed by atoms with Gasteiger partial charge in [0.05, 0.1) is 13.1 Å². The van der Waals surface area contributed by atoms with E-state index >= 15 is 0 Å². The SMILES string of the molecule is NCC(=O)C(C(=O)O)N(C(=O)CN)C(=O)OCc1ccccc1. The molecule has 0 saturated heterocycles. The maximum Gasteiger partial charge on any atom is 0.418 e. The fraction of sp³-hybridized carbons (Fsp3) is 0.286. The van der Waals surface area contributed by atoms with Crippen LogP contribution in [0.3, 0.4) is 0 Å². The van der Waals surface area contributed by atoms with E-state index in [0.717, 1.165) is 0 Å². The van der Waals surface area contributed by atoms with Gasteiger partial charge in [-0.1, -0.05) is 30.3 Å². The van der Waals surface area contributed by atoms with Crippen molar-refractivity contribution in [2.45, 2.75) is 12.6 Å². The minimum Gasteiger partial charge on any atom is -0.479 e. The number of carbonyl (C=O) groups is 4. The molecule has 9 heteroatoms. The minimum absolute atomic E-state index is 0.181. The number of aliphatic carboxylic acids is 1. The van der Waals surface area contributed by atoms with E-state index in [2.05, 4.69) is 0 Å². The summed E-state index contributed by atoms with van der Waals surface area (Å²) in [6, 6.07) is 6.45. The van der Waals surface area contributed by atoms with E-state index in [-0.39, 0.29) is 11.5 Å². The monoisotopic (exact) mass is 323 g/mol. The molecule has 5 N–H and O–H groups in total. The quantitative estimate of drug-likeness (QED) is 0.545. The molecule has 1 atom stereocenters. The Hall–Kier alpha value is -2.78. The van der Waals surface area contributed by atoms with Crippen LogP contribution in [0.2, 0.25) is 0 Å². The molecule has 1 unspecified atom stereocenters. The highest BCUT2D eigenvalue weighted by Gasteiger charge is 2.39. The number of nitrogens with zero attached hydrogens (tertiary/aromatic N) is 1. The third-order valence-electron chi connectivity index (χ3n) is 2.84. The predicted octanol–water partition coefficient (Wildman–Crippen LogP) is -0.908. The van der Waals surface area contributed by atoms with Gasteiger partial charge >= 0.3 is 12.1 Å². The maximum absolute atomic E-state index is 12.1. The molecule has 0 heterocycles. The van der Waals surface area contributed by atoms with Crippen molar-refractivity contribution < 1.29 is 29.0 Å². The second-order valence-corrected chi connectivity index (χ2v) is 4.42. The number of Topliss-reactive ketones (excluding diaryl/α,β-unsaturated/α-hetero) is 1. The van der Waals surface area contributed by atoms with Crippen LogP contribution in [0.4, 0.5) is 4.79 Å². The lowest BCUT2D eigenvalue weighted by Gasteiger charge is -2.24. The Kier molecular flexibility index (Phi) is 6.84. The molecule has 0 aromatic heterocycles. The van der Waals surface area contributed by atoms with Gasteiger partial charge in [0.2, 0.25) is 5.91 Å². The summed E-state index contributed by atoms with van der Waals surface area (Å²) in [5.74, 6) is -3.77. The number of ether oxygens (including phenoxy) is 1. The number of benzene rings is 1. The van der Waals surface area contributed by atoms with Crippen LogP contribution in [0, 0.1) is 0 Å². The van der Waals surface area contributed by atoms with E-state index in [1.807, 2.05) is 0 Å². The third kappa shape index (κ3) is 4.87. The van der Waals surface area contributed by atoms with Crippen LogP contribution in [-0.2, 0) is 25.7 Å². The zero-order valence-corrected chi connectivity index (χ0v) is 12.2. The molecule has 0 spiro atoms. The Morgan fingerprint density at radius 1 is 1.09 bits per heavy atom. The molecule has 124 valence electrons. The van der Waals surface area contributed by atoms with Crippen molar-refractivity contribution in [3.63, 3.8) is 0 Å². The first-order chi connectivity index (χ1) is 10.9. The number of carboxylic acids is 1. The van der Waals surface area contributed by atoms with Gasteiger partial charge in [0, 0.05) is 0 Å². The van der Waals surface area contributed by atoms with E-state index < -0.39 is 42.9 Å². The zero-order chi connectivity index (χ0) is 17.4. The van der Waals surface area contributed by atoms with Crippen molar-refractivity contribution in [2.24, 2.45) is 11.5 Å². The van der Waals surface area contributed by atoms with E-state index in [9.17, 15) is 19.2 Å². The summed E-state index contributed by atoms with van der Waals surface area (Å²) in [5.41, 5.74) is 10.9. The summed E-state index contributed by atoms with van der Waals surface area (Å²) in [7, 11) is 0. The Morgan fingerprint density at radius 3 is 2.17 bits per heavy atom. The average Bonchev–Trinajstić information content (AvgIpc) is 2.56. The number of ketones is 1. The molecular formula is C14H17N3O6. The molecule has 9 nitrogen and oxygen atoms in total. The van der Waals surface area contributed by atoms with Gasteiger partial charge < -0.3 is 21.3 Å². The summed E-state index contributed by atoms with van der Waals surface area (Å²) in [6.07, 6.45) is -1.28. The molecule has 0 aliphatic heterocycles. The van der Waals surface area contributed by atoms with Crippen LogP contribution in [-0.4, -0.2) is 52.9 Å². The number of carbonyl (C=O) groups excluding carboxylic acids is 3. The number of hydrogen-bond acceptors (Lipinski definition) is 7. The van der Waals surface area contributed by atoms with Gasteiger partial charge in [-0.2, -0.15) is 0 Å². The number of nitrogens with two attached hydrogens (primary N) is 2. The molecule has 0 aliphatic rings. The molecule has 1 rings (SSSR count). The smallest absolute Gasteiger partial charge is 0.418 e. The Labute approximate surface area is 131 Å². The van der Waals surface area contributed by atoms with Gasteiger partial charge in [-0.25, -0.2) is 14.5 Å². The van der Waals surface area contributed by atoms with Crippen LogP contribution in [0.15, 0.2) is 30.3 Å². The van der Waals surface area contributed by atoms with E-state index in [0.29, 0.717) is 5.56 Å². The lowest BCUT2D eigenvalue weighted by atomic mass is 10.1. The Morgan fingerprint density at radius 2 is 1.70 bits per heavy atom. The molecule has 0 saturated carbocycles. The topological polar surface area (TPSA) is 153 Å². The average molecular weight is 323 g/mol. The largest absolute Gasteiger partial charge is 0.479 e. The second-order valence-electron chi connectivity index (χ2n) is 4.42. The van der Waals surface area contributed by atoms with Gasteiger partial charge in [-0.3, -0.25) is 9.59 Å². The van der Waals surface area contributed by atoms with Crippen molar-refractivity contribution in [1.82, 2.24) is 4.90 Å². The zero-order valence-electron chi connectivity index (χ0n) is 12.2. The molecule has 0 radical (unpaired) electrons. The predicted molar refractivity (Wildman–Crippen MR) is 78.0 cm³/mol. The van der Waals surface area contributed by atoms with Crippen molar-refractivity contribution in [3.05, 3.63) is 35.9 Å². The van der Waals surface area contributed by atoms with Gasteiger partial charge in [-0.05, 0) is 5.56 Å². The summed E-state index contributed by atoms with van der Waals surface area (Å²) in [5, 5.41) is 9.10. The Balaban J connectivity index is 2.95. The van der Waals surface area contributed by atoms with Gasteiger partial charge in [0.15, 0.2) is 11.8 Å². The second kappa shape index (κ2) is 8.61. The highest BCUT2D eigenvalue weighted by molar-refractivity contribution is 6.10. The number of hydrogen-bond donors (Lipinski definition) is 3. The van der Waals surface area contributed by atoms with Gasteiger partial charge in [-0.15, -0.1) is 0 Å². The first-order valence-electron chi connectivity index (χ1n) is 6.60. The van der Waals surface area contributed by atoms with Crippen molar-refractivity contribution in [1.29, 1.82) is 0 Å². The number of rotatable bonds is 7. The number of imide groups is 1. The van der Waals surface area contributed by atoms with Crippen LogP contribution in [0.5, 0.6) is 0 Å². The molecule has 1 aromatic carbocycles. The van der Waals surface area contributed by atoms with E-state index in [1.54, 1.807) is 30.3 Å². The molecular weight excluding hydrogens is 306 g/mol. The summed E-state index contributed by atoms with van der Waals surface area (Å²) >= 11 is 0. The minimum atomic E-state index is -2.07. The maximum atomic E-state index is 12.1. The molecule has 2 amide bonds. The highest BCUT2D eigenvalue weighted by atomic mass is 16.6. The fourth-order valence-corrected chi connectivity index (χ4v) is 1.74. The molecule has 23 heavy (non-hydrogen) atoms. The van der Waals surface area contributed by atoms with Crippen LogP contribution >= 0.6 is 0 Å². The van der Waals surface area contributed by atoms with E-state index in [4.69, 9.17) is 21.3 Å².